The number of rotatable bonds is 4. The van der Waals surface area contributed by atoms with Crippen LogP contribution in [-0.2, 0) is 15.7 Å². The maximum absolute atomic E-state index is 12.2. The Morgan fingerprint density at radius 1 is 1.50 bits per heavy atom. The van der Waals surface area contributed by atoms with Crippen LogP contribution in [0.3, 0.4) is 0 Å². The number of aliphatic hydroxyl groups excluding tert-OH is 1. The Kier molecular flexibility index (Phi) is 4.66. The quantitative estimate of drug-likeness (QED) is 0.845. The molecule has 0 aliphatic heterocycles. The number of hydrogen-bond donors (Lipinski definition) is 1. The SMILES string of the molecule is CCOC(=O)CC(O)c1ccc(C(F)(F)F)nc1. The molecule has 0 aliphatic carbocycles. The summed E-state index contributed by atoms with van der Waals surface area (Å²) >= 11 is 0. The van der Waals surface area contributed by atoms with E-state index >= 15 is 0 Å². The van der Waals surface area contributed by atoms with E-state index in [1.807, 2.05) is 0 Å². The van der Waals surface area contributed by atoms with Gasteiger partial charge in [0.1, 0.15) is 5.69 Å². The molecule has 18 heavy (non-hydrogen) atoms. The van der Waals surface area contributed by atoms with Crippen molar-refractivity contribution < 1.29 is 27.8 Å². The van der Waals surface area contributed by atoms with E-state index in [-0.39, 0.29) is 18.6 Å². The number of hydrogen-bond acceptors (Lipinski definition) is 4. The third kappa shape index (κ3) is 3.99. The fourth-order valence-electron chi connectivity index (χ4n) is 1.27. The summed E-state index contributed by atoms with van der Waals surface area (Å²) in [6, 6.07) is 1.84. The lowest BCUT2D eigenvalue weighted by Crippen LogP contribution is -2.12. The first-order chi connectivity index (χ1) is 8.34. The molecular weight excluding hydrogens is 251 g/mol. The third-order valence-electron chi connectivity index (χ3n) is 2.13. The van der Waals surface area contributed by atoms with Gasteiger partial charge in [0, 0.05) is 6.20 Å². The van der Waals surface area contributed by atoms with Crippen LogP contribution in [0.25, 0.3) is 0 Å². The number of halogens is 3. The standard InChI is InChI=1S/C11H12F3NO3/c1-2-18-10(17)5-8(16)7-3-4-9(15-6-7)11(12,13)14/h3-4,6,8,16H,2,5H2,1H3. The summed E-state index contributed by atoms with van der Waals surface area (Å²) in [6.07, 6.45) is -5.17. The van der Waals surface area contributed by atoms with Crippen LogP contribution >= 0.6 is 0 Å². The summed E-state index contributed by atoms with van der Waals surface area (Å²) in [7, 11) is 0. The van der Waals surface area contributed by atoms with Crippen LogP contribution in [0.4, 0.5) is 13.2 Å². The molecule has 7 heteroatoms. The normalized spacial score (nSPS) is 13.2. The van der Waals surface area contributed by atoms with Gasteiger partial charge in [-0.15, -0.1) is 0 Å². The van der Waals surface area contributed by atoms with E-state index in [1.165, 1.54) is 0 Å². The maximum Gasteiger partial charge on any atom is 0.433 e. The molecule has 0 bridgehead atoms. The Balaban J connectivity index is 2.70. The minimum Gasteiger partial charge on any atom is -0.466 e. The maximum atomic E-state index is 12.2. The lowest BCUT2D eigenvalue weighted by molar-refractivity contribution is -0.145. The molecule has 0 aromatic carbocycles. The van der Waals surface area contributed by atoms with Crippen molar-refractivity contribution in [2.75, 3.05) is 6.61 Å². The molecule has 1 heterocycles. The molecule has 0 saturated carbocycles. The molecule has 100 valence electrons. The Morgan fingerprint density at radius 2 is 2.17 bits per heavy atom. The van der Waals surface area contributed by atoms with Gasteiger partial charge in [-0.3, -0.25) is 9.78 Å². The van der Waals surface area contributed by atoms with Crippen molar-refractivity contribution in [2.24, 2.45) is 0 Å². The van der Waals surface area contributed by atoms with Gasteiger partial charge in [-0.05, 0) is 18.6 Å². The molecule has 0 radical (unpaired) electrons. The van der Waals surface area contributed by atoms with Crippen LogP contribution in [0.5, 0.6) is 0 Å². The van der Waals surface area contributed by atoms with E-state index in [1.54, 1.807) is 6.92 Å². The van der Waals surface area contributed by atoms with Crippen molar-refractivity contribution in [2.45, 2.75) is 25.6 Å². The Hall–Kier alpha value is -1.63. The van der Waals surface area contributed by atoms with E-state index in [9.17, 15) is 23.1 Å². The van der Waals surface area contributed by atoms with Gasteiger partial charge in [0.2, 0.25) is 0 Å². The minimum absolute atomic E-state index is 0.135. The number of pyridine rings is 1. The van der Waals surface area contributed by atoms with Crippen LogP contribution in [0.2, 0.25) is 0 Å². The number of nitrogens with zero attached hydrogens (tertiary/aromatic N) is 1. The van der Waals surface area contributed by atoms with Crippen molar-refractivity contribution in [1.29, 1.82) is 0 Å². The highest BCUT2D eigenvalue weighted by Gasteiger charge is 2.32. The smallest absolute Gasteiger partial charge is 0.433 e. The fourth-order valence-corrected chi connectivity index (χ4v) is 1.27. The molecule has 1 unspecified atom stereocenters. The van der Waals surface area contributed by atoms with Crippen molar-refractivity contribution in [3.63, 3.8) is 0 Å². The molecule has 4 nitrogen and oxygen atoms in total. The average Bonchev–Trinajstić information content (AvgIpc) is 2.28. The van der Waals surface area contributed by atoms with Crippen LogP contribution in [-0.4, -0.2) is 22.7 Å². The van der Waals surface area contributed by atoms with E-state index in [0.717, 1.165) is 18.3 Å². The molecule has 1 aromatic rings. The van der Waals surface area contributed by atoms with Gasteiger partial charge in [0.05, 0.1) is 19.1 Å². The van der Waals surface area contributed by atoms with E-state index in [4.69, 9.17) is 0 Å². The second-order valence-corrected chi connectivity index (χ2v) is 3.50. The summed E-state index contributed by atoms with van der Waals surface area (Å²) in [4.78, 5) is 14.3. The molecule has 1 aromatic heterocycles. The first-order valence-electron chi connectivity index (χ1n) is 5.21. The van der Waals surface area contributed by atoms with Gasteiger partial charge in [-0.2, -0.15) is 13.2 Å². The largest absolute Gasteiger partial charge is 0.466 e. The van der Waals surface area contributed by atoms with E-state index in [0.29, 0.717) is 0 Å². The van der Waals surface area contributed by atoms with Crippen molar-refractivity contribution in [3.8, 4) is 0 Å². The Bertz CT molecular complexity index is 403. The van der Waals surface area contributed by atoms with Crippen molar-refractivity contribution >= 4 is 5.97 Å². The molecule has 0 spiro atoms. The minimum atomic E-state index is -4.52. The summed E-state index contributed by atoms with van der Waals surface area (Å²) < 4.78 is 41.3. The third-order valence-corrected chi connectivity index (χ3v) is 2.13. The monoisotopic (exact) mass is 263 g/mol. The highest BCUT2D eigenvalue weighted by Crippen LogP contribution is 2.28. The molecule has 1 N–H and O–H groups in total. The summed E-state index contributed by atoms with van der Waals surface area (Å²) in [6.45, 7) is 1.79. The topological polar surface area (TPSA) is 59.4 Å². The van der Waals surface area contributed by atoms with Crippen LogP contribution in [0, 0.1) is 0 Å². The zero-order valence-electron chi connectivity index (χ0n) is 9.57. The van der Waals surface area contributed by atoms with Crippen molar-refractivity contribution in [1.82, 2.24) is 4.98 Å². The van der Waals surface area contributed by atoms with Crippen LogP contribution < -0.4 is 0 Å². The van der Waals surface area contributed by atoms with Gasteiger partial charge in [-0.25, -0.2) is 0 Å². The molecule has 0 saturated heterocycles. The number of aliphatic hydroxyl groups is 1. The van der Waals surface area contributed by atoms with E-state index < -0.39 is 23.9 Å². The average molecular weight is 263 g/mol. The van der Waals surface area contributed by atoms with Crippen molar-refractivity contribution in [3.05, 3.63) is 29.6 Å². The number of esters is 1. The second-order valence-electron chi connectivity index (χ2n) is 3.50. The molecular formula is C11H12F3NO3. The second kappa shape index (κ2) is 5.81. The number of carbonyl (C=O) groups excluding carboxylic acids is 1. The summed E-state index contributed by atoms with van der Waals surface area (Å²) in [5.74, 6) is -0.620. The lowest BCUT2D eigenvalue weighted by atomic mass is 10.1. The number of ether oxygens (including phenoxy) is 1. The van der Waals surface area contributed by atoms with Crippen LogP contribution in [0.15, 0.2) is 18.3 Å². The predicted molar refractivity (Wildman–Crippen MR) is 55.4 cm³/mol. The lowest BCUT2D eigenvalue weighted by Gasteiger charge is -2.11. The zero-order chi connectivity index (χ0) is 13.8. The van der Waals surface area contributed by atoms with E-state index in [2.05, 4.69) is 9.72 Å². The molecule has 0 fully saturated rings. The highest BCUT2D eigenvalue weighted by atomic mass is 19.4. The molecule has 0 aliphatic rings. The zero-order valence-corrected chi connectivity index (χ0v) is 9.57. The summed E-state index contributed by atoms with van der Waals surface area (Å²) in [5, 5.41) is 9.59. The molecule has 0 amide bonds. The molecule has 1 atom stereocenters. The number of carbonyl (C=O) groups is 1. The van der Waals surface area contributed by atoms with Gasteiger partial charge >= 0.3 is 12.1 Å². The van der Waals surface area contributed by atoms with Gasteiger partial charge in [0.25, 0.3) is 0 Å². The molecule has 1 rings (SSSR count). The van der Waals surface area contributed by atoms with Gasteiger partial charge in [-0.1, -0.05) is 6.07 Å². The first kappa shape index (κ1) is 14.4. The number of aromatic nitrogens is 1. The van der Waals surface area contributed by atoms with Gasteiger partial charge < -0.3 is 9.84 Å². The fraction of sp³-hybridized carbons (Fsp3) is 0.455. The Morgan fingerprint density at radius 3 is 2.61 bits per heavy atom. The highest BCUT2D eigenvalue weighted by molar-refractivity contribution is 5.70. The summed E-state index contributed by atoms with van der Waals surface area (Å²) in [5.41, 5.74) is -0.911. The Labute approximate surface area is 101 Å². The van der Waals surface area contributed by atoms with Gasteiger partial charge in [0.15, 0.2) is 0 Å². The number of alkyl halides is 3. The predicted octanol–water partition coefficient (Wildman–Crippen LogP) is 2.09. The first-order valence-corrected chi connectivity index (χ1v) is 5.21. The van der Waals surface area contributed by atoms with Crippen LogP contribution in [0.1, 0.15) is 30.7 Å².